The van der Waals surface area contributed by atoms with Crippen LogP contribution in [-0.2, 0) is 7.05 Å². The molecule has 0 aliphatic heterocycles. The summed E-state index contributed by atoms with van der Waals surface area (Å²) in [5.41, 5.74) is 2.99. The van der Waals surface area contributed by atoms with Crippen molar-refractivity contribution < 1.29 is 4.79 Å². The van der Waals surface area contributed by atoms with Crippen molar-refractivity contribution in [3.63, 3.8) is 0 Å². The predicted octanol–water partition coefficient (Wildman–Crippen LogP) is 5.14. The number of nitrogens with one attached hydrogen (secondary N) is 1. The van der Waals surface area contributed by atoms with E-state index in [1.165, 1.54) is 55.8 Å². The van der Waals surface area contributed by atoms with Crippen LogP contribution < -0.4 is 5.32 Å². The molecular formula is C23H23N5OS. The average molecular weight is 418 g/mol. The minimum atomic E-state index is -0.230. The molecule has 152 valence electrons. The third-order valence-electron chi connectivity index (χ3n) is 5.48. The fraction of sp³-hybridized carbons (Fsp3) is 0.304. The number of amides is 1. The number of aromatic nitrogens is 3. The standard InChI is InChI=1S/C23H23N5OS/c1-28-23(25-15-26-28)30-21-12-9-18(13-19(21)14-24)22(29)27-20-10-7-17(8-11-20)16-5-3-2-4-6-16/h7-13,15-16H,2-6H2,1H3,(H,27,29). The Hall–Kier alpha value is -3.11. The van der Waals surface area contributed by atoms with Crippen LogP contribution in [0, 0.1) is 11.3 Å². The molecule has 0 atom stereocenters. The highest BCUT2D eigenvalue weighted by Crippen LogP contribution is 2.33. The highest BCUT2D eigenvalue weighted by Gasteiger charge is 2.16. The van der Waals surface area contributed by atoms with Crippen LogP contribution >= 0.6 is 11.8 Å². The van der Waals surface area contributed by atoms with Gasteiger partial charge in [-0.15, -0.1) is 0 Å². The first-order valence-corrected chi connectivity index (χ1v) is 10.9. The van der Waals surface area contributed by atoms with E-state index in [0.717, 1.165) is 10.6 Å². The van der Waals surface area contributed by atoms with E-state index < -0.39 is 0 Å². The van der Waals surface area contributed by atoms with Gasteiger partial charge in [-0.3, -0.25) is 4.79 Å². The predicted molar refractivity (Wildman–Crippen MR) is 117 cm³/mol. The topological polar surface area (TPSA) is 83.6 Å². The summed E-state index contributed by atoms with van der Waals surface area (Å²) < 4.78 is 1.64. The highest BCUT2D eigenvalue weighted by molar-refractivity contribution is 7.99. The van der Waals surface area contributed by atoms with Crippen molar-refractivity contribution >= 4 is 23.4 Å². The minimum Gasteiger partial charge on any atom is -0.322 e. The molecule has 1 amide bonds. The number of nitrogens with zero attached hydrogens (tertiary/aromatic N) is 4. The Balaban J connectivity index is 1.45. The van der Waals surface area contributed by atoms with Gasteiger partial charge in [0.1, 0.15) is 12.4 Å². The van der Waals surface area contributed by atoms with Gasteiger partial charge in [-0.05, 0) is 66.4 Å². The smallest absolute Gasteiger partial charge is 0.255 e. The maximum Gasteiger partial charge on any atom is 0.255 e. The maximum atomic E-state index is 12.7. The van der Waals surface area contributed by atoms with Crippen molar-refractivity contribution in [2.75, 3.05) is 5.32 Å². The minimum absolute atomic E-state index is 0.230. The second-order valence-corrected chi connectivity index (χ2v) is 8.51. The lowest BCUT2D eigenvalue weighted by Gasteiger charge is -2.22. The summed E-state index contributed by atoms with van der Waals surface area (Å²) in [5, 5.41) is 17.2. The number of hydrogen-bond acceptors (Lipinski definition) is 5. The number of aryl methyl sites for hydroxylation is 1. The first-order valence-electron chi connectivity index (χ1n) is 10.1. The SMILES string of the molecule is Cn1ncnc1Sc1ccc(C(=O)Nc2ccc(C3CCCCC3)cc2)cc1C#N. The Morgan fingerprint density at radius 3 is 2.60 bits per heavy atom. The molecule has 6 nitrogen and oxygen atoms in total. The van der Waals surface area contributed by atoms with Crippen molar-refractivity contribution in [3.8, 4) is 6.07 Å². The molecule has 0 radical (unpaired) electrons. The summed E-state index contributed by atoms with van der Waals surface area (Å²) in [6, 6.07) is 15.5. The molecule has 0 spiro atoms. The van der Waals surface area contributed by atoms with Crippen molar-refractivity contribution in [2.45, 2.75) is 48.1 Å². The molecule has 4 rings (SSSR count). The monoisotopic (exact) mass is 417 g/mol. The van der Waals surface area contributed by atoms with Gasteiger partial charge in [0.15, 0.2) is 5.16 Å². The molecule has 0 saturated heterocycles. The van der Waals surface area contributed by atoms with Crippen LogP contribution in [0.15, 0.2) is 58.8 Å². The molecule has 30 heavy (non-hydrogen) atoms. The first kappa shape index (κ1) is 20.2. The van der Waals surface area contributed by atoms with E-state index in [-0.39, 0.29) is 5.91 Å². The lowest BCUT2D eigenvalue weighted by Crippen LogP contribution is -2.12. The first-order chi connectivity index (χ1) is 14.6. The zero-order valence-corrected chi connectivity index (χ0v) is 17.7. The second kappa shape index (κ2) is 9.14. The fourth-order valence-electron chi connectivity index (χ4n) is 3.80. The number of rotatable bonds is 5. The van der Waals surface area contributed by atoms with Gasteiger partial charge in [-0.2, -0.15) is 10.4 Å². The summed E-state index contributed by atoms with van der Waals surface area (Å²) in [7, 11) is 1.79. The van der Waals surface area contributed by atoms with Gasteiger partial charge < -0.3 is 5.32 Å². The van der Waals surface area contributed by atoms with E-state index in [1.54, 1.807) is 29.9 Å². The van der Waals surface area contributed by atoms with Crippen molar-refractivity contribution in [1.82, 2.24) is 14.8 Å². The third kappa shape index (κ3) is 4.55. The van der Waals surface area contributed by atoms with Crippen LogP contribution in [0.4, 0.5) is 5.69 Å². The Kier molecular flexibility index (Phi) is 6.15. The van der Waals surface area contributed by atoms with Gasteiger partial charge in [0, 0.05) is 23.2 Å². The number of nitriles is 1. The molecule has 1 fully saturated rings. The summed E-state index contributed by atoms with van der Waals surface area (Å²) >= 11 is 1.35. The zero-order valence-electron chi connectivity index (χ0n) is 16.8. The van der Waals surface area contributed by atoms with E-state index in [9.17, 15) is 10.1 Å². The van der Waals surface area contributed by atoms with Gasteiger partial charge in [0.2, 0.25) is 0 Å². The largest absolute Gasteiger partial charge is 0.322 e. The molecule has 1 aromatic heterocycles. The average Bonchev–Trinajstić information content (AvgIpc) is 3.19. The molecule has 1 saturated carbocycles. The Bertz CT molecular complexity index is 1080. The van der Waals surface area contributed by atoms with Crippen LogP contribution in [0.2, 0.25) is 0 Å². The quantitative estimate of drug-likeness (QED) is 0.621. The molecular weight excluding hydrogens is 394 g/mol. The summed E-state index contributed by atoms with van der Waals surface area (Å²) in [5.74, 6) is 0.410. The van der Waals surface area contributed by atoms with Crippen LogP contribution in [0.3, 0.4) is 0 Å². The summed E-state index contributed by atoms with van der Waals surface area (Å²) in [6.07, 6.45) is 7.91. The van der Waals surface area contributed by atoms with Crippen molar-refractivity contribution in [3.05, 3.63) is 65.5 Å². The Morgan fingerprint density at radius 2 is 1.93 bits per heavy atom. The molecule has 1 aliphatic rings. The van der Waals surface area contributed by atoms with E-state index in [2.05, 4.69) is 33.6 Å². The molecule has 0 unspecified atom stereocenters. The van der Waals surface area contributed by atoms with Gasteiger partial charge in [0.25, 0.3) is 5.91 Å². The van der Waals surface area contributed by atoms with E-state index >= 15 is 0 Å². The molecule has 1 heterocycles. The van der Waals surface area contributed by atoms with Crippen LogP contribution in [0.1, 0.15) is 59.5 Å². The molecule has 3 aromatic rings. The van der Waals surface area contributed by atoms with Crippen molar-refractivity contribution in [1.29, 1.82) is 5.26 Å². The maximum absolute atomic E-state index is 12.7. The lowest BCUT2D eigenvalue weighted by molar-refractivity contribution is 0.102. The number of carbonyl (C=O) groups is 1. The van der Waals surface area contributed by atoms with Gasteiger partial charge in [-0.25, -0.2) is 9.67 Å². The van der Waals surface area contributed by atoms with Gasteiger partial charge in [-0.1, -0.05) is 31.4 Å². The normalized spacial score (nSPS) is 14.3. The molecule has 1 N–H and O–H groups in total. The Labute approximate surface area is 180 Å². The number of benzene rings is 2. The van der Waals surface area contributed by atoms with Crippen LogP contribution in [0.25, 0.3) is 0 Å². The molecule has 2 aromatic carbocycles. The van der Waals surface area contributed by atoms with Crippen LogP contribution in [-0.4, -0.2) is 20.7 Å². The van der Waals surface area contributed by atoms with Gasteiger partial charge in [0.05, 0.1) is 5.56 Å². The third-order valence-corrected chi connectivity index (χ3v) is 6.61. The number of anilines is 1. The number of carbonyl (C=O) groups excluding carboxylic acids is 1. The van der Waals surface area contributed by atoms with Crippen molar-refractivity contribution in [2.24, 2.45) is 7.05 Å². The Morgan fingerprint density at radius 1 is 1.17 bits per heavy atom. The summed E-state index contributed by atoms with van der Waals surface area (Å²) in [4.78, 5) is 17.6. The van der Waals surface area contributed by atoms with Gasteiger partial charge >= 0.3 is 0 Å². The van der Waals surface area contributed by atoms with E-state index in [1.807, 2.05) is 12.1 Å². The summed E-state index contributed by atoms with van der Waals surface area (Å²) in [6.45, 7) is 0. The number of hydrogen-bond donors (Lipinski definition) is 1. The highest BCUT2D eigenvalue weighted by atomic mass is 32.2. The molecule has 7 heteroatoms. The van der Waals surface area contributed by atoms with E-state index in [0.29, 0.717) is 22.2 Å². The fourth-order valence-corrected chi connectivity index (χ4v) is 4.63. The van der Waals surface area contributed by atoms with E-state index in [4.69, 9.17) is 0 Å². The van der Waals surface area contributed by atoms with Crippen LogP contribution in [0.5, 0.6) is 0 Å². The second-order valence-electron chi connectivity index (χ2n) is 7.50. The zero-order chi connectivity index (χ0) is 20.9. The molecule has 1 aliphatic carbocycles. The lowest BCUT2D eigenvalue weighted by atomic mass is 9.84. The molecule has 0 bridgehead atoms.